The van der Waals surface area contributed by atoms with Gasteiger partial charge in [0, 0.05) is 57.4 Å². The van der Waals surface area contributed by atoms with Crippen molar-refractivity contribution in [3.8, 4) is 0 Å². The maximum atomic E-state index is 13.7. The maximum absolute atomic E-state index is 13.7. The molecule has 0 bridgehead atoms. The molecule has 7 nitrogen and oxygen atoms in total. The first-order valence-corrected chi connectivity index (χ1v) is 13.3. The highest BCUT2D eigenvalue weighted by Gasteiger charge is 2.42. The third-order valence-electron chi connectivity index (χ3n) is 8.24. The minimum absolute atomic E-state index is 0.0332. The van der Waals surface area contributed by atoms with Gasteiger partial charge in [0.25, 0.3) is 0 Å². The number of carboxylic acid groups (broad SMARTS) is 1. The van der Waals surface area contributed by atoms with Gasteiger partial charge < -0.3 is 24.5 Å². The van der Waals surface area contributed by atoms with Crippen LogP contribution in [-0.2, 0) is 20.5 Å². The monoisotopic (exact) mass is 525 g/mol. The van der Waals surface area contributed by atoms with Crippen molar-refractivity contribution in [1.29, 1.82) is 0 Å². The van der Waals surface area contributed by atoms with Crippen molar-refractivity contribution in [3.05, 3.63) is 29.3 Å². The van der Waals surface area contributed by atoms with Gasteiger partial charge in [0.2, 0.25) is 5.91 Å². The van der Waals surface area contributed by atoms with E-state index in [9.17, 15) is 27.9 Å². The number of aliphatic carboxylic acids is 1. The molecule has 1 N–H and O–H groups in total. The summed E-state index contributed by atoms with van der Waals surface area (Å²) in [6, 6.07) is 3.88. The van der Waals surface area contributed by atoms with E-state index in [0.717, 1.165) is 44.1 Å². The summed E-state index contributed by atoms with van der Waals surface area (Å²) in [4.78, 5) is 30.9. The molecule has 0 radical (unpaired) electrons. The molecule has 1 aromatic carbocycles. The highest BCUT2D eigenvalue weighted by Crippen LogP contribution is 2.42. The molecular formula is C27H38F3N3O4. The van der Waals surface area contributed by atoms with Crippen LogP contribution in [0.25, 0.3) is 0 Å². The number of piperidine rings is 1. The van der Waals surface area contributed by atoms with Crippen molar-refractivity contribution in [3.63, 3.8) is 0 Å². The van der Waals surface area contributed by atoms with Crippen LogP contribution in [0, 0.1) is 17.8 Å². The maximum Gasteiger partial charge on any atom is 0.416 e. The molecule has 3 saturated heterocycles. The number of nitrogens with zero attached hydrogens (tertiary/aromatic N) is 3. The largest absolute Gasteiger partial charge is 0.481 e. The molecule has 4 rings (SSSR count). The quantitative estimate of drug-likeness (QED) is 0.555. The zero-order valence-corrected chi connectivity index (χ0v) is 21.7. The fourth-order valence-corrected chi connectivity index (χ4v) is 6.27. The second kappa shape index (κ2) is 11.6. The van der Waals surface area contributed by atoms with Crippen molar-refractivity contribution in [2.24, 2.45) is 17.8 Å². The lowest BCUT2D eigenvalue weighted by molar-refractivity contribution is -0.142. The van der Waals surface area contributed by atoms with E-state index >= 15 is 0 Å². The minimum Gasteiger partial charge on any atom is -0.481 e. The van der Waals surface area contributed by atoms with Crippen LogP contribution in [0.5, 0.6) is 0 Å². The molecule has 0 aliphatic carbocycles. The number of hydrogen-bond acceptors (Lipinski definition) is 5. The fourth-order valence-electron chi connectivity index (χ4n) is 6.27. The number of alkyl halides is 3. The molecule has 10 heteroatoms. The number of benzene rings is 1. The number of halogens is 3. The number of amides is 1. The highest BCUT2D eigenvalue weighted by atomic mass is 19.4. The average molecular weight is 526 g/mol. The van der Waals surface area contributed by atoms with Crippen LogP contribution >= 0.6 is 0 Å². The first kappa shape index (κ1) is 27.7. The Morgan fingerprint density at radius 1 is 1.05 bits per heavy atom. The van der Waals surface area contributed by atoms with Gasteiger partial charge in [0.1, 0.15) is 0 Å². The predicted octanol–water partition coefficient (Wildman–Crippen LogP) is 3.93. The topological polar surface area (TPSA) is 73.3 Å². The Balaban J connectivity index is 1.59. The minimum atomic E-state index is -4.48. The third kappa shape index (κ3) is 6.22. The van der Waals surface area contributed by atoms with Gasteiger partial charge in [-0.05, 0) is 56.5 Å². The molecule has 0 spiro atoms. The Bertz CT molecular complexity index is 965. The third-order valence-corrected chi connectivity index (χ3v) is 8.24. The summed E-state index contributed by atoms with van der Waals surface area (Å²) in [5.41, 5.74) is 0.551. The summed E-state index contributed by atoms with van der Waals surface area (Å²) in [6.45, 7) is 6.90. The normalized spacial score (nSPS) is 25.7. The Morgan fingerprint density at radius 3 is 2.38 bits per heavy atom. The van der Waals surface area contributed by atoms with Gasteiger partial charge in [-0.15, -0.1) is 0 Å². The predicted molar refractivity (Wildman–Crippen MR) is 134 cm³/mol. The Morgan fingerprint density at radius 2 is 1.76 bits per heavy atom. The Kier molecular flexibility index (Phi) is 8.68. The number of carbonyl (C=O) groups excluding carboxylic acids is 1. The van der Waals surface area contributed by atoms with Gasteiger partial charge in [0.15, 0.2) is 0 Å². The number of ether oxygens (including phenoxy) is 1. The lowest BCUT2D eigenvalue weighted by Gasteiger charge is -2.35. The summed E-state index contributed by atoms with van der Waals surface area (Å²) < 4.78 is 46.5. The number of methoxy groups -OCH3 is 1. The second-order valence-corrected chi connectivity index (χ2v) is 10.7. The van der Waals surface area contributed by atoms with Gasteiger partial charge >= 0.3 is 12.1 Å². The molecule has 3 heterocycles. The van der Waals surface area contributed by atoms with Crippen LogP contribution in [0.2, 0.25) is 0 Å². The number of likely N-dealkylation sites (tertiary alicyclic amines) is 2. The molecule has 1 amide bonds. The second-order valence-electron chi connectivity index (χ2n) is 10.7. The SMILES string of the molecule is CCCN1CCC(C(=O)N2CC(c3ccc(C(F)(F)F)cc3N3CCC(C(=O)O)CC3)[C@@H](COC)C2)C1. The van der Waals surface area contributed by atoms with Crippen molar-refractivity contribution < 1.29 is 32.6 Å². The van der Waals surface area contributed by atoms with Crippen LogP contribution < -0.4 is 4.90 Å². The van der Waals surface area contributed by atoms with E-state index < -0.39 is 23.6 Å². The first-order chi connectivity index (χ1) is 17.6. The lowest BCUT2D eigenvalue weighted by Crippen LogP contribution is -2.37. The van der Waals surface area contributed by atoms with Gasteiger partial charge in [-0.3, -0.25) is 9.59 Å². The van der Waals surface area contributed by atoms with Crippen molar-refractivity contribution >= 4 is 17.6 Å². The van der Waals surface area contributed by atoms with Crippen LogP contribution in [0.1, 0.15) is 49.7 Å². The molecule has 37 heavy (non-hydrogen) atoms. The van der Waals surface area contributed by atoms with Gasteiger partial charge in [-0.1, -0.05) is 13.0 Å². The van der Waals surface area contributed by atoms with E-state index in [0.29, 0.717) is 51.3 Å². The van der Waals surface area contributed by atoms with Gasteiger partial charge in [-0.2, -0.15) is 13.2 Å². The van der Waals surface area contributed by atoms with E-state index in [1.165, 1.54) is 6.07 Å². The Labute approximate surface area is 216 Å². The summed E-state index contributed by atoms with van der Waals surface area (Å²) in [5, 5.41) is 9.36. The van der Waals surface area contributed by atoms with E-state index in [4.69, 9.17) is 4.74 Å². The van der Waals surface area contributed by atoms with Crippen LogP contribution in [0.15, 0.2) is 18.2 Å². The number of carbonyl (C=O) groups is 2. The van der Waals surface area contributed by atoms with Crippen molar-refractivity contribution in [2.45, 2.75) is 44.7 Å². The number of anilines is 1. The van der Waals surface area contributed by atoms with Gasteiger partial charge in [0.05, 0.1) is 24.0 Å². The molecule has 2 unspecified atom stereocenters. The van der Waals surface area contributed by atoms with E-state index in [2.05, 4.69) is 11.8 Å². The van der Waals surface area contributed by atoms with Crippen LogP contribution in [0.4, 0.5) is 18.9 Å². The van der Waals surface area contributed by atoms with E-state index in [-0.39, 0.29) is 23.7 Å². The summed E-state index contributed by atoms with van der Waals surface area (Å²) in [6.07, 6.45) is -1.83. The van der Waals surface area contributed by atoms with E-state index in [1.54, 1.807) is 13.2 Å². The molecule has 3 aliphatic heterocycles. The molecule has 3 atom stereocenters. The molecule has 1 aromatic rings. The average Bonchev–Trinajstić information content (AvgIpc) is 3.51. The summed E-state index contributed by atoms with van der Waals surface area (Å²) in [7, 11) is 1.60. The molecule has 0 saturated carbocycles. The van der Waals surface area contributed by atoms with E-state index in [1.807, 2.05) is 9.80 Å². The standard InChI is InChI=1S/C27H38F3N3O4/c1-3-9-31-10-6-19(14-31)25(34)33-15-20(17-37-2)23(16-33)22-5-4-21(27(28,29)30)13-24(22)32-11-7-18(8-12-32)26(35)36/h4-5,13,18-20,23H,3,6-12,14-17H2,1-2H3,(H,35,36)/t19?,20-,23?/m1/s1. The molecule has 3 aliphatic rings. The highest BCUT2D eigenvalue weighted by molar-refractivity contribution is 5.80. The molecule has 206 valence electrons. The number of carboxylic acids is 1. The Hall–Kier alpha value is -2.33. The lowest BCUT2D eigenvalue weighted by atomic mass is 9.86. The molecule has 3 fully saturated rings. The molecular weight excluding hydrogens is 487 g/mol. The van der Waals surface area contributed by atoms with Crippen LogP contribution in [-0.4, -0.2) is 86.3 Å². The number of hydrogen-bond donors (Lipinski definition) is 1. The van der Waals surface area contributed by atoms with Crippen molar-refractivity contribution in [2.75, 3.05) is 64.4 Å². The summed E-state index contributed by atoms with van der Waals surface area (Å²) >= 11 is 0. The van der Waals surface area contributed by atoms with Crippen molar-refractivity contribution in [1.82, 2.24) is 9.80 Å². The van der Waals surface area contributed by atoms with Crippen LogP contribution in [0.3, 0.4) is 0 Å². The number of rotatable bonds is 8. The smallest absolute Gasteiger partial charge is 0.416 e. The van der Waals surface area contributed by atoms with Gasteiger partial charge in [-0.25, -0.2) is 0 Å². The zero-order valence-electron chi connectivity index (χ0n) is 21.7. The zero-order chi connectivity index (χ0) is 26.7. The fraction of sp³-hybridized carbons (Fsp3) is 0.704. The molecule has 0 aromatic heterocycles. The first-order valence-electron chi connectivity index (χ1n) is 13.3. The summed E-state index contributed by atoms with van der Waals surface area (Å²) in [5.74, 6) is -1.46.